The Kier molecular flexibility index (Phi) is 34.5. The number of carbonyl (C=O) groups is 2. The monoisotopic (exact) mass is 864 g/mol. The molecule has 0 aromatic carbocycles. The highest BCUT2D eigenvalue weighted by molar-refractivity contribution is 7.46. The Morgan fingerprint density at radius 1 is 0.610 bits per heavy atom. The fraction of sp³-hybridized carbons (Fsp3) is 0.957. The first-order chi connectivity index (χ1) is 28.4. The summed E-state index contributed by atoms with van der Waals surface area (Å²) in [5, 5.41) is 34.2. The molecule has 1 aliphatic heterocycles. The topological polar surface area (TPSA) is 192 Å². The second-order valence-corrected chi connectivity index (χ2v) is 18.7. The second kappa shape index (κ2) is 36.4. The number of hydrogen-bond acceptors (Lipinski definition) is 9. The van der Waals surface area contributed by atoms with Crippen LogP contribution in [0.15, 0.2) is 0 Å². The molecule has 0 bridgehead atoms. The molecule has 59 heavy (non-hydrogen) atoms. The maximum absolute atomic E-state index is 13.7. The van der Waals surface area contributed by atoms with Crippen LogP contribution in [-0.2, 0) is 28.2 Å². The van der Waals surface area contributed by atoms with Crippen LogP contribution in [0, 0.1) is 5.92 Å². The number of amides is 1. The minimum absolute atomic E-state index is 0.0325. The molecule has 13 heteroatoms. The predicted molar refractivity (Wildman–Crippen MR) is 236 cm³/mol. The van der Waals surface area contributed by atoms with Gasteiger partial charge in [0.1, 0.15) is 18.2 Å². The number of phosphoric ester groups is 1. The van der Waals surface area contributed by atoms with Crippen molar-refractivity contribution in [3.8, 4) is 0 Å². The highest BCUT2D eigenvalue weighted by Crippen LogP contribution is 2.42. The van der Waals surface area contributed by atoms with E-state index in [1.165, 1.54) is 116 Å². The predicted octanol–water partition coefficient (Wildman–Crippen LogP) is 10.5. The van der Waals surface area contributed by atoms with Crippen molar-refractivity contribution >= 4 is 19.7 Å². The summed E-state index contributed by atoms with van der Waals surface area (Å²) in [6.07, 6.45) is 27.5. The molecule has 12 nitrogen and oxygen atoms in total. The van der Waals surface area contributed by atoms with E-state index >= 15 is 0 Å². The van der Waals surface area contributed by atoms with Gasteiger partial charge in [0.15, 0.2) is 12.4 Å². The van der Waals surface area contributed by atoms with E-state index in [-0.39, 0.29) is 18.8 Å². The number of hydrogen-bond donors (Lipinski definition) is 6. The van der Waals surface area contributed by atoms with Gasteiger partial charge >= 0.3 is 13.8 Å². The molecule has 1 fully saturated rings. The van der Waals surface area contributed by atoms with Crippen molar-refractivity contribution in [2.24, 2.45) is 5.92 Å². The Morgan fingerprint density at radius 2 is 1.00 bits per heavy atom. The number of nitrogens with one attached hydrogen (secondary N) is 1. The lowest BCUT2D eigenvalue weighted by atomic mass is 9.91. The highest BCUT2D eigenvalue weighted by Gasteiger charge is 2.51. The largest absolute Gasteiger partial charge is 0.470 e. The van der Waals surface area contributed by atoms with E-state index in [0.717, 1.165) is 77.0 Å². The lowest BCUT2D eigenvalue weighted by molar-refractivity contribution is -0.256. The summed E-state index contributed by atoms with van der Waals surface area (Å²) in [5.74, 6) is -1.26. The van der Waals surface area contributed by atoms with Gasteiger partial charge in [-0.1, -0.05) is 201 Å². The first kappa shape index (κ1) is 55.9. The van der Waals surface area contributed by atoms with Crippen molar-refractivity contribution in [1.29, 1.82) is 0 Å². The summed E-state index contributed by atoms with van der Waals surface area (Å²) in [4.78, 5) is 46.5. The van der Waals surface area contributed by atoms with Crippen molar-refractivity contribution in [2.75, 3.05) is 6.61 Å². The molecule has 1 rings (SSSR count). The fourth-order valence-electron chi connectivity index (χ4n) is 8.35. The molecule has 0 aromatic heterocycles. The summed E-state index contributed by atoms with van der Waals surface area (Å²) in [6, 6.07) is -1.47. The third-order valence-electron chi connectivity index (χ3n) is 11.9. The van der Waals surface area contributed by atoms with Gasteiger partial charge in [-0.3, -0.25) is 14.1 Å². The Labute approximate surface area is 359 Å². The Bertz CT molecular complexity index is 1060. The number of phosphoric acid groups is 1. The van der Waals surface area contributed by atoms with Gasteiger partial charge in [-0.15, -0.1) is 0 Å². The molecule has 7 atom stereocenters. The van der Waals surface area contributed by atoms with Crippen molar-refractivity contribution in [3.05, 3.63) is 0 Å². The molecule has 1 heterocycles. The first-order valence-corrected chi connectivity index (χ1v) is 25.8. The van der Waals surface area contributed by atoms with Gasteiger partial charge in [-0.25, -0.2) is 4.57 Å². The van der Waals surface area contributed by atoms with E-state index in [0.29, 0.717) is 6.42 Å². The zero-order valence-corrected chi connectivity index (χ0v) is 38.6. The maximum Gasteiger partial charge on any atom is 0.470 e. The van der Waals surface area contributed by atoms with E-state index in [1.54, 1.807) is 0 Å². The van der Waals surface area contributed by atoms with Crippen LogP contribution in [-0.4, -0.2) is 80.3 Å². The van der Waals surface area contributed by atoms with Crippen LogP contribution < -0.4 is 5.32 Å². The molecule has 0 aromatic rings. The van der Waals surface area contributed by atoms with Gasteiger partial charge in [0.05, 0.1) is 19.1 Å². The standard InChI is InChI=1S/C46H90NO11P/c1-4-7-10-13-16-18-19-20-22-24-27-30-33-38(32-29-26-23-15-12-9-6-3)35-42(51)57-45-43(46(52)56-40(37-48)44(45)58-59(53,54)55)47-41(50)36-39(49)34-31-28-25-21-17-14-11-8-5-2/h38-40,43-46,48-49,52H,4-37H2,1-3H3,(H,47,50)(H2,53,54,55)/t38-,39+,40+,43-,44+,45+,46-/m0/s1. The molecule has 1 aliphatic rings. The normalized spacial score (nSPS) is 20.7. The number of aliphatic hydroxyl groups is 3. The molecule has 0 radical (unpaired) electrons. The smallest absolute Gasteiger partial charge is 0.457 e. The Hall–Kier alpha value is -1.11. The van der Waals surface area contributed by atoms with Gasteiger partial charge in [-0.2, -0.15) is 0 Å². The quantitative estimate of drug-likeness (QED) is 0.0195. The van der Waals surface area contributed by atoms with Crippen LogP contribution in [0.3, 0.4) is 0 Å². The molecule has 0 unspecified atom stereocenters. The zero-order valence-electron chi connectivity index (χ0n) is 37.7. The third-order valence-corrected chi connectivity index (χ3v) is 12.4. The summed E-state index contributed by atoms with van der Waals surface area (Å²) >= 11 is 0. The van der Waals surface area contributed by atoms with E-state index in [1.807, 2.05) is 0 Å². The molecule has 6 N–H and O–H groups in total. The lowest BCUT2D eigenvalue weighted by Crippen LogP contribution is -2.65. The zero-order chi connectivity index (χ0) is 43.6. The van der Waals surface area contributed by atoms with Crippen molar-refractivity contribution in [1.82, 2.24) is 5.32 Å². The van der Waals surface area contributed by atoms with Gasteiger partial charge < -0.3 is 39.9 Å². The van der Waals surface area contributed by atoms with E-state index in [9.17, 15) is 39.3 Å². The summed E-state index contributed by atoms with van der Waals surface area (Å²) in [6.45, 7) is 5.84. The van der Waals surface area contributed by atoms with Crippen molar-refractivity contribution in [3.63, 3.8) is 0 Å². The molecule has 0 spiro atoms. The molecule has 350 valence electrons. The summed E-state index contributed by atoms with van der Waals surface area (Å²) < 4.78 is 28.4. The number of unbranched alkanes of at least 4 members (excludes halogenated alkanes) is 25. The number of esters is 1. The van der Waals surface area contributed by atoms with Crippen LogP contribution in [0.1, 0.15) is 233 Å². The van der Waals surface area contributed by atoms with Crippen molar-refractivity contribution < 1.29 is 53.3 Å². The number of rotatable bonds is 40. The number of carbonyl (C=O) groups excluding carboxylic acids is 2. The van der Waals surface area contributed by atoms with Gasteiger partial charge in [0.25, 0.3) is 0 Å². The van der Waals surface area contributed by atoms with Crippen LogP contribution in [0.5, 0.6) is 0 Å². The second-order valence-electron chi connectivity index (χ2n) is 17.5. The Morgan fingerprint density at radius 3 is 1.39 bits per heavy atom. The summed E-state index contributed by atoms with van der Waals surface area (Å²) in [7, 11) is -5.21. The van der Waals surface area contributed by atoms with Gasteiger partial charge in [0, 0.05) is 6.42 Å². The maximum atomic E-state index is 13.7. The van der Waals surface area contributed by atoms with Crippen LogP contribution >= 0.6 is 7.82 Å². The SMILES string of the molecule is CCCCCCCCCCCCCC[C@H](CCCCCCCCC)CC(=O)O[C@@H]1[C@H](NC(=O)C[C@H](O)CCCCCCCCCCC)[C@@H](O)O[C@H](CO)[C@H]1OP(=O)(O)O. The van der Waals surface area contributed by atoms with Crippen LogP contribution in [0.25, 0.3) is 0 Å². The molecular formula is C46H90NO11P. The van der Waals surface area contributed by atoms with Gasteiger partial charge in [-0.05, 0) is 25.2 Å². The van der Waals surface area contributed by atoms with Gasteiger partial charge in [0.2, 0.25) is 5.91 Å². The average Bonchev–Trinajstić information content (AvgIpc) is 3.18. The number of aliphatic hydroxyl groups excluding tert-OH is 3. The molecule has 0 saturated carbocycles. The number of ether oxygens (including phenoxy) is 2. The van der Waals surface area contributed by atoms with Crippen LogP contribution in [0.2, 0.25) is 0 Å². The minimum atomic E-state index is -5.21. The average molecular weight is 864 g/mol. The van der Waals surface area contributed by atoms with E-state index < -0.39 is 63.1 Å². The highest BCUT2D eigenvalue weighted by atomic mass is 31.2. The molecular weight excluding hydrogens is 773 g/mol. The third kappa shape index (κ3) is 29.8. The fourth-order valence-corrected chi connectivity index (χ4v) is 8.92. The van der Waals surface area contributed by atoms with Crippen molar-refractivity contribution in [2.45, 2.75) is 269 Å². The molecule has 0 aliphatic carbocycles. The minimum Gasteiger partial charge on any atom is -0.457 e. The Balaban J connectivity index is 2.88. The molecule has 1 saturated heterocycles. The lowest BCUT2D eigenvalue weighted by Gasteiger charge is -2.43. The van der Waals surface area contributed by atoms with E-state index in [4.69, 9.17) is 14.0 Å². The molecule has 1 amide bonds. The summed E-state index contributed by atoms with van der Waals surface area (Å²) in [5.41, 5.74) is 0. The van der Waals surface area contributed by atoms with E-state index in [2.05, 4.69) is 26.1 Å². The first-order valence-electron chi connectivity index (χ1n) is 24.3. The van der Waals surface area contributed by atoms with Crippen LogP contribution in [0.4, 0.5) is 0 Å².